The molecule has 0 unspecified atom stereocenters. The van der Waals surface area contributed by atoms with Crippen LogP contribution in [0, 0.1) is 6.92 Å². The van der Waals surface area contributed by atoms with Crippen molar-refractivity contribution in [3.8, 4) is 11.4 Å². The van der Waals surface area contributed by atoms with Gasteiger partial charge in [0.15, 0.2) is 5.82 Å². The molecule has 0 radical (unpaired) electrons. The van der Waals surface area contributed by atoms with Crippen molar-refractivity contribution in [3.63, 3.8) is 0 Å². The molecule has 0 atom stereocenters. The molecule has 4 aromatic rings. The molecule has 4 rings (SSSR count). The Kier molecular flexibility index (Phi) is 74.9. The standard InChI is InChI=1S/C106H187N5S6/c1-8-14-20-26-32-38-44-50-56-62-68-74-84-112-98-90-96(91-99(113-85-75-69-63-57-51-45-39-33-27-21-15-9-2)102(98)116-88-78-72-66-60-54-48-42-36-30-24-18-12-5)107-105-109-104(95-82-80-94(7)81-83-95)110-106(111-105)108-97-92-100(114-86-76-70-64-58-52-46-40-34-28-22-16-10-3)103(117-89-79-73-67-61-55-49-43-37-31-25-19-13-6)101(93-97)115-87-77-71-65-59-53-47-41-35-29-23-17-11-4/h80-83,90-93H,8-79,84-89H2,1-7H3,(H2,107,108,109,110,111). The van der Waals surface area contributed by atoms with E-state index >= 15 is 0 Å². The molecule has 1 aromatic heterocycles. The predicted octanol–water partition coefficient (Wildman–Crippen LogP) is 40.1. The number of aromatic nitrogens is 3. The van der Waals surface area contributed by atoms with E-state index in [1.807, 2.05) is 0 Å². The van der Waals surface area contributed by atoms with Gasteiger partial charge in [-0.1, -0.05) is 495 Å². The molecule has 3 aromatic carbocycles. The lowest BCUT2D eigenvalue weighted by molar-refractivity contribution is 0.548. The first-order chi connectivity index (χ1) is 57.9. The third-order valence-electron chi connectivity index (χ3n) is 24.0. The van der Waals surface area contributed by atoms with Gasteiger partial charge < -0.3 is 10.6 Å². The zero-order valence-electron chi connectivity index (χ0n) is 78.1. The molecular formula is C106H187N5S6. The second-order valence-electron chi connectivity index (χ2n) is 35.5. The van der Waals surface area contributed by atoms with E-state index in [0.717, 1.165) is 39.9 Å². The summed E-state index contributed by atoms with van der Waals surface area (Å²) in [5, 5.41) is 7.90. The Balaban J connectivity index is 1.71. The Labute approximate surface area is 753 Å². The van der Waals surface area contributed by atoms with E-state index in [4.69, 9.17) is 15.0 Å². The molecule has 0 aliphatic carbocycles. The molecule has 0 saturated heterocycles. The van der Waals surface area contributed by atoms with Gasteiger partial charge in [0.05, 0.1) is 0 Å². The Bertz CT molecular complexity index is 2550. The molecule has 1 heterocycles. The quantitative estimate of drug-likeness (QED) is 0.0328. The monoisotopic (exact) mass is 1720 g/mol. The van der Waals surface area contributed by atoms with E-state index in [9.17, 15) is 0 Å². The summed E-state index contributed by atoms with van der Waals surface area (Å²) in [6.07, 6.45) is 99.7. The molecule has 0 bridgehead atoms. The fourth-order valence-corrected chi connectivity index (χ4v) is 23.9. The van der Waals surface area contributed by atoms with Gasteiger partial charge in [-0.15, -0.1) is 70.6 Å². The molecular weight excluding hydrogens is 1540 g/mol. The summed E-state index contributed by atoms with van der Waals surface area (Å²) in [6.45, 7) is 16.2. The Morgan fingerprint density at radius 2 is 0.376 bits per heavy atom. The van der Waals surface area contributed by atoms with Gasteiger partial charge in [-0.25, -0.2) is 0 Å². The minimum Gasteiger partial charge on any atom is -0.324 e. The van der Waals surface area contributed by atoms with Crippen LogP contribution in [-0.4, -0.2) is 49.5 Å². The van der Waals surface area contributed by atoms with E-state index in [-0.39, 0.29) is 0 Å². The van der Waals surface area contributed by atoms with E-state index in [1.54, 1.807) is 0 Å². The maximum Gasteiger partial charge on any atom is 0.232 e. The first-order valence-corrected chi connectivity index (χ1v) is 57.3. The highest BCUT2D eigenvalue weighted by atomic mass is 32.2. The van der Waals surface area contributed by atoms with E-state index < -0.39 is 0 Å². The van der Waals surface area contributed by atoms with Gasteiger partial charge >= 0.3 is 0 Å². The van der Waals surface area contributed by atoms with E-state index in [2.05, 4.69) is 178 Å². The Morgan fingerprint density at radius 3 is 0.564 bits per heavy atom. The highest BCUT2D eigenvalue weighted by molar-refractivity contribution is 8.04. The van der Waals surface area contributed by atoms with Crippen LogP contribution in [0.1, 0.15) is 509 Å². The van der Waals surface area contributed by atoms with Crippen molar-refractivity contribution in [1.29, 1.82) is 0 Å². The third kappa shape index (κ3) is 60.6. The van der Waals surface area contributed by atoms with Crippen molar-refractivity contribution in [3.05, 3.63) is 54.1 Å². The Morgan fingerprint density at radius 1 is 0.205 bits per heavy atom. The van der Waals surface area contributed by atoms with Crippen LogP contribution in [0.5, 0.6) is 0 Å². The highest BCUT2D eigenvalue weighted by Gasteiger charge is 2.20. The third-order valence-corrected chi connectivity index (χ3v) is 31.5. The van der Waals surface area contributed by atoms with Gasteiger partial charge in [-0.05, 0) is 104 Å². The van der Waals surface area contributed by atoms with Gasteiger partial charge in [0.1, 0.15) is 0 Å². The molecule has 0 saturated carbocycles. The molecule has 117 heavy (non-hydrogen) atoms. The van der Waals surface area contributed by atoms with Crippen molar-refractivity contribution < 1.29 is 0 Å². The highest BCUT2D eigenvalue weighted by Crippen LogP contribution is 2.45. The molecule has 0 fully saturated rings. The maximum atomic E-state index is 5.44. The molecule has 11 heteroatoms. The zero-order valence-corrected chi connectivity index (χ0v) is 83.0. The number of anilines is 4. The fraction of sp³-hybridized carbons (Fsp3) is 0.802. The van der Waals surface area contributed by atoms with Crippen LogP contribution >= 0.6 is 70.6 Å². The van der Waals surface area contributed by atoms with Crippen LogP contribution in [0.15, 0.2) is 77.9 Å². The van der Waals surface area contributed by atoms with Crippen LogP contribution in [0.4, 0.5) is 23.3 Å². The molecule has 5 nitrogen and oxygen atoms in total. The van der Waals surface area contributed by atoms with E-state index in [0.29, 0.717) is 17.7 Å². The number of nitrogens with one attached hydrogen (secondary N) is 2. The number of rotatable bonds is 89. The normalized spacial score (nSPS) is 11.7. The van der Waals surface area contributed by atoms with Crippen LogP contribution in [-0.2, 0) is 0 Å². The molecule has 672 valence electrons. The van der Waals surface area contributed by atoms with Gasteiger partial charge in [0, 0.05) is 46.3 Å². The summed E-state index contributed by atoms with van der Waals surface area (Å²) in [7, 11) is 0. The van der Waals surface area contributed by atoms with Crippen molar-refractivity contribution in [2.75, 3.05) is 45.2 Å². The fourth-order valence-electron chi connectivity index (χ4n) is 16.3. The molecule has 0 aliphatic rings. The number of unbranched alkanes of at least 4 members (excludes halogenated alkanes) is 66. The number of hydrogen-bond acceptors (Lipinski definition) is 11. The zero-order chi connectivity index (χ0) is 83.1. The average molecular weight is 1720 g/mol. The maximum absolute atomic E-state index is 5.44. The van der Waals surface area contributed by atoms with Crippen LogP contribution < -0.4 is 10.6 Å². The van der Waals surface area contributed by atoms with Crippen molar-refractivity contribution in [1.82, 2.24) is 15.0 Å². The minimum atomic E-state index is 0.603. The number of nitrogens with zero attached hydrogens (tertiary/aromatic N) is 3. The summed E-state index contributed by atoms with van der Waals surface area (Å²) in [5.74, 6) is 8.90. The lowest BCUT2D eigenvalue weighted by Gasteiger charge is -2.19. The second-order valence-corrected chi connectivity index (χ2v) is 42.2. The summed E-state index contributed by atoms with van der Waals surface area (Å²) in [6, 6.07) is 18.8. The van der Waals surface area contributed by atoms with Gasteiger partial charge in [-0.2, -0.15) is 15.0 Å². The molecule has 2 N–H and O–H groups in total. The van der Waals surface area contributed by atoms with Crippen LogP contribution in [0.3, 0.4) is 0 Å². The van der Waals surface area contributed by atoms with Crippen molar-refractivity contribution in [2.24, 2.45) is 0 Å². The topological polar surface area (TPSA) is 62.7 Å². The smallest absolute Gasteiger partial charge is 0.232 e. The van der Waals surface area contributed by atoms with Gasteiger partial charge in [-0.3, -0.25) is 0 Å². The molecule has 0 aliphatic heterocycles. The lowest BCUT2D eigenvalue weighted by Crippen LogP contribution is -2.06. The minimum absolute atomic E-state index is 0.603. The first-order valence-electron chi connectivity index (χ1n) is 51.4. The summed E-state index contributed by atoms with van der Waals surface area (Å²) >= 11 is 12.8. The SMILES string of the molecule is CCCCCCCCCCCCCCSc1cc(Nc2nc(Nc3cc(SCCCCCCCCCCCCCC)c(SCCCCCCCCCCCCCC)c(SCCCCCCCCCCCCCC)c3)nc(-c3ccc(C)cc3)n2)cc(SCCCCCCCCCCCCCC)c1SCCCCCCCCCCCCCC. The number of hydrogen-bond donors (Lipinski definition) is 2. The van der Waals surface area contributed by atoms with Crippen molar-refractivity contribution in [2.45, 2.75) is 540 Å². The van der Waals surface area contributed by atoms with Crippen LogP contribution in [0.25, 0.3) is 11.4 Å². The van der Waals surface area contributed by atoms with Gasteiger partial charge in [0.25, 0.3) is 0 Å². The number of aryl methyl sites for hydroxylation is 1. The van der Waals surface area contributed by atoms with Gasteiger partial charge in [0.2, 0.25) is 11.9 Å². The predicted molar refractivity (Wildman–Crippen MR) is 540 cm³/mol. The Hall–Kier alpha value is -1.63. The average Bonchev–Trinajstić information content (AvgIpc) is 0.806. The summed E-state index contributed by atoms with van der Waals surface area (Å²) < 4.78 is 0. The largest absolute Gasteiger partial charge is 0.324 e. The van der Waals surface area contributed by atoms with Crippen molar-refractivity contribution >= 4 is 93.8 Å². The summed E-state index contributed by atoms with van der Waals surface area (Å²) in [4.78, 5) is 25.0. The van der Waals surface area contributed by atoms with E-state index in [1.165, 1.54) is 509 Å². The first kappa shape index (κ1) is 108. The second kappa shape index (κ2) is 81.4. The number of benzene rings is 3. The molecule has 0 amide bonds. The van der Waals surface area contributed by atoms with Crippen LogP contribution in [0.2, 0.25) is 0 Å². The summed E-state index contributed by atoms with van der Waals surface area (Å²) in [5.41, 5.74) is 4.43. The molecule has 0 spiro atoms. The number of thioether (sulfide) groups is 6. The lowest BCUT2D eigenvalue weighted by atomic mass is 10.1.